The van der Waals surface area contributed by atoms with Gasteiger partial charge in [-0.05, 0) is 25.7 Å². The van der Waals surface area contributed by atoms with Gasteiger partial charge in [0.2, 0.25) is 0 Å². The summed E-state index contributed by atoms with van der Waals surface area (Å²) in [5.41, 5.74) is 0. The molecule has 0 atom stereocenters. The fourth-order valence-corrected chi connectivity index (χ4v) is 3.25. The fraction of sp³-hybridized carbons (Fsp3) is 1.00. The summed E-state index contributed by atoms with van der Waals surface area (Å²) >= 11 is 0. The molecule has 0 bridgehead atoms. The van der Waals surface area contributed by atoms with E-state index in [4.69, 9.17) is 4.18 Å². The minimum atomic E-state index is -3.39. The summed E-state index contributed by atoms with van der Waals surface area (Å²) in [6.45, 7) is 2.13. The Labute approximate surface area is 130 Å². The first-order chi connectivity index (χ1) is 10.1. The van der Waals surface area contributed by atoms with Gasteiger partial charge in [-0.3, -0.25) is 8.57 Å². The fourth-order valence-electron chi connectivity index (χ4n) is 2.21. The van der Waals surface area contributed by atoms with Crippen molar-refractivity contribution in [2.24, 2.45) is 0 Å². The van der Waals surface area contributed by atoms with Crippen molar-refractivity contribution in [1.29, 1.82) is 0 Å². The van der Waals surface area contributed by atoms with Gasteiger partial charge in [0.25, 0.3) is 10.1 Å². The molecule has 0 radical (unpaired) electrons. The highest BCUT2D eigenvalue weighted by Gasteiger charge is 2.10. The molecule has 0 saturated heterocycles. The maximum atomic E-state index is 11.9. The number of rotatable bonds is 16. The smallest absolute Gasteiger partial charge is 0.267 e. The standard InChI is InChI=1S/C16H33FO3S/c1-2-3-4-5-6-7-8-9-12-15-20-21(18,19)16-13-10-11-14-17/h2-16H2,1H3. The van der Waals surface area contributed by atoms with Gasteiger partial charge in [-0.2, -0.15) is 8.42 Å². The van der Waals surface area contributed by atoms with E-state index in [9.17, 15) is 12.8 Å². The van der Waals surface area contributed by atoms with E-state index in [1.54, 1.807) is 0 Å². The molecule has 0 N–H and O–H groups in total. The molecule has 5 heteroatoms. The van der Waals surface area contributed by atoms with Crippen LogP contribution in [-0.4, -0.2) is 27.5 Å². The highest BCUT2D eigenvalue weighted by atomic mass is 32.2. The predicted octanol–water partition coefficient (Wildman–Crippen LogP) is 5.00. The summed E-state index contributed by atoms with van der Waals surface area (Å²) in [5.74, 6) is 0.0183. The first kappa shape index (κ1) is 20.8. The van der Waals surface area contributed by atoms with Crippen LogP contribution in [0.4, 0.5) is 4.39 Å². The summed E-state index contributed by atoms with van der Waals surface area (Å²) < 4.78 is 39.8. The second-order valence-corrected chi connectivity index (χ2v) is 7.42. The monoisotopic (exact) mass is 324 g/mol. The molecular formula is C16H33FO3S. The van der Waals surface area contributed by atoms with E-state index in [1.807, 2.05) is 0 Å². The Morgan fingerprint density at radius 2 is 1.29 bits per heavy atom. The maximum absolute atomic E-state index is 11.9. The molecule has 0 aliphatic heterocycles. The van der Waals surface area contributed by atoms with Crippen molar-refractivity contribution in [3.05, 3.63) is 0 Å². The number of unbranched alkanes of at least 4 members (excludes halogenated alkanes) is 10. The van der Waals surface area contributed by atoms with E-state index in [2.05, 4.69) is 6.92 Å². The zero-order chi connectivity index (χ0) is 15.8. The third-order valence-electron chi connectivity index (χ3n) is 3.54. The maximum Gasteiger partial charge on any atom is 0.267 e. The Bertz CT molecular complexity index is 305. The van der Waals surface area contributed by atoms with Crippen molar-refractivity contribution in [3.63, 3.8) is 0 Å². The van der Waals surface area contributed by atoms with E-state index in [0.717, 1.165) is 19.3 Å². The van der Waals surface area contributed by atoms with Gasteiger partial charge in [-0.1, -0.05) is 58.3 Å². The lowest BCUT2D eigenvalue weighted by Gasteiger charge is -2.05. The Morgan fingerprint density at radius 1 is 0.762 bits per heavy atom. The number of alkyl halides is 1. The number of hydrogen-bond donors (Lipinski definition) is 0. The average Bonchev–Trinajstić information content (AvgIpc) is 2.45. The quantitative estimate of drug-likeness (QED) is 0.296. The molecular weight excluding hydrogens is 291 g/mol. The Morgan fingerprint density at radius 3 is 1.86 bits per heavy atom. The number of hydrogen-bond acceptors (Lipinski definition) is 3. The lowest BCUT2D eigenvalue weighted by Crippen LogP contribution is -2.11. The SMILES string of the molecule is CCCCCCCCCCCOS(=O)(=O)CCCCCF. The molecule has 0 aliphatic carbocycles. The van der Waals surface area contributed by atoms with E-state index in [1.165, 1.54) is 38.5 Å². The van der Waals surface area contributed by atoms with Crippen LogP contribution in [0.1, 0.15) is 84.0 Å². The summed E-state index contributed by atoms with van der Waals surface area (Å²) in [4.78, 5) is 0. The summed E-state index contributed by atoms with van der Waals surface area (Å²) in [6.07, 6.45) is 12.3. The molecule has 3 nitrogen and oxygen atoms in total. The normalized spacial score (nSPS) is 11.9. The summed E-state index contributed by atoms with van der Waals surface area (Å²) in [5, 5.41) is 0. The summed E-state index contributed by atoms with van der Waals surface area (Å²) in [7, 11) is -3.39. The molecule has 0 fully saturated rings. The van der Waals surface area contributed by atoms with Gasteiger partial charge >= 0.3 is 0 Å². The van der Waals surface area contributed by atoms with E-state index in [-0.39, 0.29) is 12.4 Å². The lowest BCUT2D eigenvalue weighted by molar-refractivity contribution is 0.305. The molecule has 0 rings (SSSR count). The van der Waals surface area contributed by atoms with E-state index < -0.39 is 10.1 Å². The van der Waals surface area contributed by atoms with Crippen LogP contribution in [0.3, 0.4) is 0 Å². The van der Waals surface area contributed by atoms with Crippen LogP contribution >= 0.6 is 0 Å². The zero-order valence-corrected chi connectivity index (χ0v) is 14.4. The third kappa shape index (κ3) is 16.0. The molecule has 0 aliphatic rings. The minimum absolute atomic E-state index is 0.0183. The molecule has 0 unspecified atom stereocenters. The van der Waals surface area contributed by atoms with Crippen molar-refractivity contribution in [3.8, 4) is 0 Å². The van der Waals surface area contributed by atoms with Crippen LogP contribution in [0.2, 0.25) is 0 Å². The molecule has 0 aromatic rings. The third-order valence-corrected chi connectivity index (χ3v) is 4.85. The molecule has 0 amide bonds. The summed E-state index contributed by atoms with van der Waals surface area (Å²) in [6, 6.07) is 0. The van der Waals surface area contributed by atoms with Gasteiger partial charge in [0.05, 0.1) is 19.0 Å². The molecule has 128 valence electrons. The highest BCUT2D eigenvalue weighted by Crippen LogP contribution is 2.10. The van der Waals surface area contributed by atoms with Crippen LogP contribution in [0.5, 0.6) is 0 Å². The van der Waals surface area contributed by atoms with Gasteiger partial charge < -0.3 is 0 Å². The topological polar surface area (TPSA) is 43.4 Å². The van der Waals surface area contributed by atoms with Gasteiger partial charge in [-0.15, -0.1) is 0 Å². The largest absolute Gasteiger partial charge is 0.270 e. The predicted molar refractivity (Wildman–Crippen MR) is 86.8 cm³/mol. The molecule has 0 aromatic heterocycles. The highest BCUT2D eigenvalue weighted by molar-refractivity contribution is 7.86. The lowest BCUT2D eigenvalue weighted by atomic mass is 10.1. The van der Waals surface area contributed by atoms with Crippen molar-refractivity contribution in [2.45, 2.75) is 84.0 Å². The molecule has 0 saturated carbocycles. The Hall–Kier alpha value is -0.160. The van der Waals surface area contributed by atoms with Gasteiger partial charge in [-0.25, -0.2) is 0 Å². The van der Waals surface area contributed by atoms with Crippen molar-refractivity contribution >= 4 is 10.1 Å². The van der Waals surface area contributed by atoms with Gasteiger partial charge in [0.1, 0.15) is 0 Å². The van der Waals surface area contributed by atoms with E-state index in [0.29, 0.717) is 25.9 Å². The zero-order valence-electron chi connectivity index (χ0n) is 13.6. The van der Waals surface area contributed by atoms with Crippen LogP contribution in [0, 0.1) is 0 Å². The molecule has 0 heterocycles. The molecule has 0 spiro atoms. The Balaban J connectivity index is 3.32. The van der Waals surface area contributed by atoms with Crippen LogP contribution < -0.4 is 0 Å². The average molecular weight is 325 g/mol. The van der Waals surface area contributed by atoms with Gasteiger partial charge in [0, 0.05) is 0 Å². The van der Waals surface area contributed by atoms with Crippen molar-refractivity contribution < 1.29 is 17.0 Å². The second-order valence-electron chi connectivity index (χ2n) is 5.66. The van der Waals surface area contributed by atoms with E-state index >= 15 is 0 Å². The van der Waals surface area contributed by atoms with Crippen molar-refractivity contribution in [2.75, 3.05) is 19.0 Å². The second kappa shape index (κ2) is 14.8. The van der Waals surface area contributed by atoms with Crippen LogP contribution in [-0.2, 0) is 14.3 Å². The first-order valence-corrected chi connectivity index (χ1v) is 10.1. The van der Waals surface area contributed by atoms with Gasteiger partial charge in [0.15, 0.2) is 0 Å². The Kier molecular flexibility index (Phi) is 14.7. The van der Waals surface area contributed by atoms with Crippen LogP contribution in [0.15, 0.2) is 0 Å². The van der Waals surface area contributed by atoms with Crippen LogP contribution in [0.25, 0.3) is 0 Å². The first-order valence-electron chi connectivity index (χ1n) is 8.55. The van der Waals surface area contributed by atoms with Crippen molar-refractivity contribution in [1.82, 2.24) is 0 Å². The molecule has 21 heavy (non-hydrogen) atoms. The minimum Gasteiger partial charge on any atom is -0.270 e. The number of halogens is 1. The molecule has 0 aromatic carbocycles.